The second-order valence-corrected chi connectivity index (χ2v) is 8.11. The predicted octanol–water partition coefficient (Wildman–Crippen LogP) is 2.90. The lowest BCUT2D eigenvalue weighted by Crippen LogP contribution is -2.33. The van der Waals surface area contributed by atoms with E-state index in [4.69, 9.17) is 9.47 Å². The van der Waals surface area contributed by atoms with Crippen LogP contribution in [0.4, 0.5) is 5.69 Å². The van der Waals surface area contributed by atoms with Crippen LogP contribution < -0.4 is 11.0 Å². The van der Waals surface area contributed by atoms with Crippen molar-refractivity contribution in [3.8, 4) is 0 Å². The van der Waals surface area contributed by atoms with Gasteiger partial charge >= 0.3 is 5.97 Å². The molecule has 0 fully saturated rings. The first-order valence-electron chi connectivity index (χ1n) is 12.0. The number of rotatable bonds is 9. The van der Waals surface area contributed by atoms with Crippen LogP contribution in [0, 0.1) is 10.1 Å². The number of fused-ring (bicyclic) bond motifs is 2. The van der Waals surface area contributed by atoms with Crippen molar-refractivity contribution in [2.24, 2.45) is 4.99 Å². The van der Waals surface area contributed by atoms with Gasteiger partial charge in [-0.3, -0.25) is 24.1 Å². The highest BCUT2D eigenvalue weighted by molar-refractivity contribution is 5.97. The van der Waals surface area contributed by atoms with E-state index in [1.165, 1.54) is 39.3 Å². The Morgan fingerprint density at radius 2 is 1.87 bits per heavy atom. The van der Waals surface area contributed by atoms with E-state index in [1.54, 1.807) is 31.3 Å². The van der Waals surface area contributed by atoms with Gasteiger partial charge in [-0.05, 0) is 50.6 Å². The maximum Gasteiger partial charge on any atom is 0.341 e. The van der Waals surface area contributed by atoms with Crippen molar-refractivity contribution in [3.05, 3.63) is 91.8 Å². The minimum Gasteiger partial charge on any atom is -0.462 e. The van der Waals surface area contributed by atoms with Gasteiger partial charge in [0.25, 0.3) is 17.2 Å². The first-order chi connectivity index (χ1) is 18.3. The molecule has 3 aromatic heterocycles. The number of carbonyl (C=O) groups excluding carboxylic acids is 2. The first-order valence-corrected chi connectivity index (χ1v) is 12.0. The van der Waals surface area contributed by atoms with Crippen molar-refractivity contribution < 1.29 is 24.0 Å². The number of ether oxygens (including phenoxy) is 2. The Bertz CT molecular complexity index is 1660. The molecule has 0 saturated heterocycles. The summed E-state index contributed by atoms with van der Waals surface area (Å²) in [4.78, 5) is 58.8. The molecule has 4 rings (SSSR count). The lowest BCUT2D eigenvalue weighted by molar-refractivity contribution is -0.384. The maximum absolute atomic E-state index is 13.4. The minimum absolute atomic E-state index is 0.0389. The van der Waals surface area contributed by atoms with Crippen LogP contribution >= 0.6 is 0 Å². The van der Waals surface area contributed by atoms with Gasteiger partial charge < -0.3 is 14.0 Å². The molecule has 0 N–H and O–H groups in total. The number of carbonyl (C=O) groups is 2. The minimum atomic E-state index is -0.763. The van der Waals surface area contributed by atoms with Gasteiger partial charge in [-0.2, -0.15) is 4.99 Å². The Morgan fingerprint density at radius 1 is 1.11 bits per heavy atom. The molecule has 12 heteroatoms. The van der Waals surface area contributed by atoms with Crippen LogP contribution in [0.15, 0.2) is 64.5 Å². The van der Waals surface area contributed by atoms with E-state index >= 15 is 0 Å². The Balaban J connectivity index is 2.01. The largest absolute Gasteiger partial charge is 0.462 e. The molecule has 0 bridgehead atoms. The molecule has 3 heterocycles. The molecule has 196 valence electrons. The summed E-state index contributed by atoms with van der Waals surface area (Å²) in [5.41, 5.74) is -0.00672. The summed E-state index contributed by atoms with van der Waals surface area (Å²) in [7, 11) is 0. The first kappa shape index (κ1) is 26.4. The second kappa shape index (κ2) is 11.6. The van der Waals surface area contributed by atoms with Crippen molar-refractivity contribution in [2.45, 2.75) is 26.8 Å². The van der Waals surface area contributed by atoms with Crippen LogP contribution in [0.25, 0.3) is 16.7 Å². The van der Waals surface area contributed by atoms with Crippen LogP contribution in [-0.2, 0) is 16.0 Å². The highest BCUT2D eigenvalue weighted by Gasteiger charge is 2.20. The van der Waals surface area contributed by atoms with Gasteiger partial charge in [-0.15, -0.1) is 0 Å². The van der Waals surface area contributed by atoms with E-state index in [1.807, 2.05) is 6.92 Å². The standard InChI is InChI=1S/C26H25N5O7/c1-3-37-15-7-14-30-22-19(25(33)29-13-6-5-8-21(29)27-22)16-20(26(34)38-4-2)23(30)28-24(32)17-9-11-18(12-10-17)31(35)36/h5-6,8-13,16H,3-4,7,14-15H2,1-2H3. The topological polar surface area (TPSA) is 147 Å². The Kier molecular flexibility index (Phi) is 8.02. The molecule has 0 spiro atoms. The lowest BCUT2D eigenvalue weighted by Gasteiger charge is -2.15. The van der Waals surface area contributed by atoms with E-state index in [0.717, 1.165) is 0 Å². The Hall–Kier alpha value is -4.71. The summed E-state index contributed by atoms with van der Waals surface area (Å²) in [6.07, 6.45) is 2.05. The number of aromatic nitrogens is 3. The quantitative estimate of drug-likeness (QED) is 0.108. The van der Waals surface area contributed by atoms with Crippen molar-refractivity contribution >= 4 is 34.2 Å². The fourth-order valence-electron chi connectivity index (χ4n) is 3.92. The zero-order valence-corrected chi connectivity index (χ0v) is 20.8. The molecule has 0 atom stereocenters. The summed E-state index contributed by atoms with van der Waals surface area (Å²) >= 11 is 0. The van der Waals surface area contributed by atoms with Crippen molar-refractivity contribution in [2.75, 3.05) is 19.8 Å². The number of hydrogen-bond acceptors (Lipinski definition) is 8. The zero-order chi connectivity index (χ0) is 27.2. The fourth-order valence-corrected chi connectivity index (χ4v) is 3.92. The van der Waals surface area contributed by atoms with Crippen LogP contribution in [0.2, 0.25) is 0 Å². The Labute approximate surface area is 215 Å². The smallest absolute Gasteiger partial charge is 0.341 e. The fraction of sp³-hybridized carbons (Fsp3) is 0.269. The normalized spacial score (nSPS) is 11.7. The summed E-state index contributed by atoms with van der Waals surface area (Å²) in [6.45, 7) is 4.68. The summed E-state index contributed by atoms with van der Waals surface area (Å²) in [5.74, 6) is -1.50. The lowest BCUT2D eigenvalue weighted by atomic mass is 10.2. The van der Waals surface area contributed by atoms with Crippen LogP contribution in [0.5, 0.6) is 0 Å². The molecular weight excluding hydrogens is 494 g/mol. The van der Waals surface area contributed by atoms with Gasteiger partial charge in [0.1, 0.15) is 16.9 Å². The van der Waals surface area contributed by atoms with E-state index in [9.17, 15) is 24.5 Å². The number of pyridine rings is 2. The van der Waals surface area contributed by atoms with Gasteiger partial charge in [-0.1, -0.05) is 6.07 Å². The Morgan fingerprint density at radius 3 is 2.55 bits per heavy atom. The van der Waals surface area contributed by atoms with Gasteiger partial charge in [0.05, 0.1) is 16.9 Å². The predicted molar refractivity (Wildman–Crippen MR) is 137 cm³/mol. The number of hydrogen-bond donors (Lipinski definition) is 0. The average Bonchev–Trinajstić information content (AvgIpc) is 2.92. The van der Waals surface area contributed by atoms with E-state index in [0.29, 0.717) is 25.3 Å². The summed E-state index contributed by atoms with van der Waals surface area (Å²) in [6, 6.07) is 11.4. The average molecular weight is 520 g/mol. The molecule has 0 radical (unpaired) electrons. The molecule has 0 aliphatic carbocycles. The van der Waals surface area contributed by atoms with Crippen LogP contribution in [0.1, 0.15) is 41.0 Å². The van der Waals surface area contributed by atoms with Crippen molar-refractivity contribution in [1.82, 2.24) is 14.0 Å². The molecule has 38 heavy (non-hydrogen) atoms. The number of esters is 1. The highest BCUT2D eigenvalue weighted by Crippen LogP contribution is 2.14. The van der Waals surface area contributed by atoms with E-state index < -0.39 is 22.4 Å². The molecule has 0 saturated carbocycles. The molecule has 4 aromatic rings. The monoisotopic (exact) mass is 519 g/mol. The third-order valence-corrected chi connectivity index (χ3v) is 5.69. The van der Waals surface area contributed by atoms with Crippen LogP contribution in [-0.4, -0.2) is 50.6 Å². The number of amides is 1. The number of nitrogens with zero attached hydrogens (tertiary/aromatic N) is 5. The molecule has 1 aromatic carbocycles. The SMILES string of the molecule is CCOCCCn1c(=NC(=O)c2ccc([N+](=O)[O-])cc2)c(C(=O)OCC)cc2c(=O)n3ccccc3nc21. The van der Waals surface area contributed by atoms with Crippen molar-refractivity contribution in [1.29, 1.82) is 0 Å². The van der Waals surface area contributed by atoms with E-state index in [-0.39, 0.29) is 46.5 Å². The third-order valence-electron chi connectivity index (χ3n) is 5.69. The van der Waals surface area contributed by atoms with Gasteiger partial charge in [0.2, 0.25) is 0 Å². The number of non-ortho nitro benzene ring substituents is 1. The molecule has 12 nitrogen and oxygen atoms in total. The number of aryl methyl sites for hydroxylation is 1. The molecule has 1 amide bonds. The summed E-state index contributed by atoms with van der Waals surface area (Å²) in [5, 5.41) is 11.1. The third kappa shape index (κ3) is 5.34. The zero-order valence-electron chi connectivity index (χ0n) is 20.8. The highest BCUT2D eigenvalue weighted by atomic mass is 16.6. The van der Waals surface area contributed by atoms with Gasteiger partial charge in [0, 0.05) is 43.7 Å². The van der Waals surface area contributed by atoms with Crippen LogP contribution in [0.3, 0.4) is 0 Å². The van der Waals surface area contributed by atoms with Gasteiger partial charge in [-0.25, -0.2) is 9.78 Å². The summed E-state index contributed by atoms with van der Waals surface area (Å²) < 4.78 is 13.6. The molecular formula is C26H25N5O7. The number of nitro benzene ring substituents is 1. The van der Waals surface area contributed by atoms with Crippen molar-refractivity contribution in [3.63, 3.8) is 0 Å². The molecule has 0 aliphatic rings. The molecule has 0 unspecified atom stereocenters. The maximum atomic E-state index is 13.4. The second-order valence-electron chi connectivity index (χ2n) is 8.11. The van der Waals surface area contributed by atoms with E-state index in [2.05, 4.69) is 9.98 Å². The number of nitro groups is 1. The van der Waals surface area contributed by atoms with Gasteiger partial charge in [0.15, 0.2) is 5.49 Å². The number of benzene rings is 1. The molecule has 0 aliphatic heterocycles.